The van der Waals surface area contributed by atoms with Gasteiger partial charge in [-0.05, 0) is 18.2 Å². The molecule has 0 bridgehead atoms. The highest BCUT2D eigenvalue weighted by molar-refractivity contribution is 5.24. The third kappa shape index (κ3) is 3.21. The fourth-order valence-corrected chi connectivity index (χ4v) is 1.21. The smallest absolute Gasteiger partial charge is 0.379 e. The van der Waals surface area contributed by atoms with Crippen LogP contribution < -0.4 is 5.32 Å². The Bertz CT molecular complexity index is 307. The first kappa shape index (κ1) is 12.0. The normalized spacial score (nSPS) is 13.9. The van der Waals surface area contributed by atoms with Crippen molar-refractivity contribution in [2.24, 2.45) is 0 Å². The van der Waals surface area contributed by atoms with Crippen LogP contribution in [0.5, 0.6) is 0 Å². The number of nitrogens with one attached hydrogen (secondary N) is 1. The molecule has 5 heteroatoms. The van der Waals surface area contributed by atoms with Crippen LogP contribution in [-0.4, -0.2) is 18.3 Å². The SMILES string of the molecule is CNCc1ccc(C(O)C(F)(F)F)cc1. The summed E-state index contributed by atoms with van der Waals surface area (Å²) in [5, 5.41) is 11.8. The molecule has 1 unspecified atom stereocenters. The minimum Gasteiger partial charge on any atom is -0.379 e. The lowest BCUT2D eigenvalue weighted by molar-refractivity contribution is -0.206. The highest BCUT2D eigenvalue weighted by atomic mass is 19.4. The molecule has 84 valence electrons. The topological polar surface area (TPSA) is 32.3 Å². The van der Waals surface area contributed by atoms with Crippen molar-refractivity contribution in [2.45, 2.75) is 18.8 Å². The molecular weight excluding hydrogens is 207 g/mol. The third-order valence-corrected chi connectivity index (χ3v) is 1.99. The molecule has 2 N–H and O–H groups in total. The van der Waals surface area contributed by atoms with E-state index in [-0.39, 0.29) is 5.56 Å². The van der Waals surface area contributed by atoms with Gasteiger partial charge in [0.2, 0.25) is 0 Å². The van der Waals surface area contributed by atoms with Gasteiger partial charge in [0.1, 0.15) is 0 Å². The van der Waals surface area contributed by atoms with Gasteiger partial charge in [0.15, 0.2) is 6.10 Å². The molecule has 0 aliphatic rings. The molecule has 0 aliphatic heterocycles. The van der Waals surface area contributed by atoms with Crippen LogP contribution in [-0.2, 0) is 6.54 Å². The van der Waals surface area contributed by atoms with Gasteiger partial charge in [-0.3, -0.25) is 0 Å². The van der Waals surface area contributed by atoms with Gasteiger partial charge >= 0.3 is 6.18 Å². The Morgan fingerprint density at radius 1 is 1.27 bits per heavy atom. The van der Waals surface area contributed by atoms with Crippen LogP contribution in [0.1, 0.15) is 17.2 Å². The molecule has 0 aliphatic carbocycles. The predicted molar refractivity (Wildman–Crippen MR) is 50.2 cm³/mol. The van der Waals surface area contributed by atoms with E-state index >= 15 is 0 Å². The van der Waals surface area contributed by atoms with Crippen molar-refractivity contribution in [3.8, 4) is 0 Å². The highest BCUT2D eigenvalue weighted by Crippen LogP contribution is 2.32. The van der Waals surface area contributed by atoms with Crippen LogP contribution in [0.3, 0.4) is 0 Å². The average Bonchev–Trinajstić information content (AvgIpc) is 2.17. The van der Waals surface area contributed by atoms with Gasteiger partial charge in [-0.1, -0.05) is 24.3 Å². The molecule has 0 saturated heterocycles. The van der Waals surface area contributed by atoms with Gasteiger partial charge in [-0.2, -0.15) is 13.2 Å². The summed E-state index contributed by atoms with van der Waals surface area (Å²) in [6.45, 7) is 0.586. The van der Waals surface area contributed by atoms with E-state index in [1.165, 1.54) is 12.1 Å². The lowest BCUT2D eigenvalue weighted by Gasteiger charge is -2.14. The second-order valence-corrected chi connectivity index (χ2v) is 3.22. The summed E-state index contributed by atoms with van der Waals surface area (Å²) in [7, 11) is 1.75. The fraction of sp³-hybridized carbons (Fsp3) is 0.400. The Morgan fingerprint density at radius 2 is 1.80 bits per heavy atom. The van der Waals surface area contributed by atoms with Crippen LogP contribution in [0.2, 0.25) is 0 Å². The summed E-state index contributed by atoms with van der Waals surface area (Å²) in [4.78, 5) is 0. The lowest BCUT2D eigenvalue weighted by Crippen LogP contribution is -2.20. The molecular formula is C10H12F3NO. The van der Waals surface area contributed by atoms with E-state index in [4.69, 9.17) is 5.11 Å². The minimum absolute atomic E-state index is 0.137. The maximum Gasteiger partial charge on any atom is 0.418 e. The number of hydrogen-bond donors (Lipinski definition) is 2. The van der Waals surface area contributed by atoms with Crippen LogP contribution >= 0.6 is 0 Å². The van der Waals surface area contributed by atoms with E-state index in [1.54, 1.807) is 19.2 Å². The number of rotatable bonds is 3. The monoisotopic (exact) mass is 219 g/mol. The molecule has 0 aromatic heterocycles. The van der Waals surface area contributed by atoms with Gasteiger partial charge in [-0.15, -0.1) is 0 Å². The van der Waals surface area contributed by atoms with Crippen LogP contribution in [0.4, 0.5) is 13.2 Å². The maximum atomic E-state index is 12.1. The molecule has 2 nitrogen and oxygen atoms in total. The predicted octanol–water partition coefficient (Wildman–Crippen LogP) is 2.00. The van der Waals surface area contributed by atoms with Gasteiger partial charge in [0.25, 0.3) is 0 Å². The summed E-state index contributed by atoms with van der Waals surface area (Å²) in [5.41, 5.74) is 0.734. The number of hydrogen-bond acceptors (Lipinski definition) is 2. The summed E-state index contributed by atoms with van der Waals surface area (Å²) in [6, 6.07) is 5.68. The summed E-state index contributed by atoms with van der Waals surface area (Å²) < 4.78 is 36.4. The molecule has 1 aromatic rings. The van der Waals surface area contributed by atoms with Crippen LogP contribution in [0, 0.1) is 0 Å². The Kier molecular flexibility index (Phi) is 3.71. The second-order valence-electron chi connectivity index (χ2n) is 3.22. The first-order chi connectivity index (χ1) is 6.95. The van der Waals surface area contributed by atoms with Crippen molar-refractivity contribution < 1.29 is 18.3 Å². The zero-order valence-electron chi connectivity index (χ0n) is 8.17. The number of aliphatic hydroxyl groups excluding tert-OH is 1. The Labute approximate surface area is 85.7 Å². The number of alkyl halides is 3. The standard InChI is InChI=1S/C10H12F3NO/c1-14-6-7-2-4-8(5-3-7)9(15)10(11,12)13/h2-5,9,14-15H,6H2,1H3. The van der Waals surface area contributed by atoms with Crippen molar-refractivity contribution in [1.82, 2.24) is 5.32 Å². The van der Waals surface area contributed by atoms with Crippen molar-refractivity contribution >= 4 is 0 Å². The van der Waals surface area contributed by atoms with E-state index in [2.05, 4.69) is 5.32 Å². The van der Waals surface area contributed by atoms with E-state index in [0.717, 1.165) is 5.56 Å². The summed E-state index contributed by atoms with van der Waals surface area (Å²) in [5.74, 6) is 0. The fourth-order valence-electron chi connectivity index (χ4n) is 1.21. The zero-order chi connectivity index (χ0) is 11.5. The number of aliphatic hydroxyl groups is 1. The highest BCUT2D eigenvalue weighted by Gasteiger charge is 2.39. The van der Waals surface area contributed by atoms with Crippen molar-refractivity contribution in [1.29, 1.82) is 0 Å². The first-order valence-electron chi connectivity index (χ1n) is 4.43. The molecule has 0 saturated carbocycles. The quantitative estimate of drug-likeness (QED) is 0.815. The Balaban J connectivity index is 2.80. The minimum atomic E-state index is -4.61. The Morgan fingerprint density at radius 3 is 2.20 bits per heavy atom. The van der Waals surface area contributed by atoms with E-state index in [1.807, 2.05) is 0 Å². The van der Waals surface area contributed by atoms with Crippen molar-refractivity contribution in [3.05, 3.63) is 35.4 Å². The molecule has 15 heavy (non-hydrogen) atoms. The van der Waals surface area contributed by atoms with Crippen LogP contribution in [0.25, 0.3) is 0 Å². The van der Waals surface area contributed by atoms with Gasteiger partial charge in [0.05, 0.1) is 0 Å². The molecule has 1 rings (SSSR count). The van der Waals surface area contributed by atoms with E-state index in [9.17, 15) is 13.2 Å². The largest absolute Gasteiger partial charge is 0.418 e. The van der Waals surface area contributed by atoms with Gasteiger partial charge in [0, 0.05) is 6.54 Å². The average molecular weight is 219 g/mol. The molecule has 1 atom stereocenters. The summed E-state index contributed by atoms with van der Waals surface area (Å²) >= 11 is 0. The van der Waals surface area contributed by atoms with Gasteiger partial charge in [-0.25, -0.2) is 0 Å². The maximum absolute atomic E-state index is 12.1. The molecule has 0 spiro atoms. The zero-order valence-corrected chi connectivity index (χ0v) is 8.17. The number of benzene rings is 1. The first-order valence-corrected chi connectivity index (χ1v) is 4.43. The second kappa shape index (κ2) is 4.63. The number of halogens is 3. The van der Waals surface area contributed by atoms with E-state index < -0.39 is 12.3 Å². The molecule has 1 aromatic carbocycles. The Hall–Kier alpha value is -1.07. The van der Waals surface area contributed by atoms with E-state index in [0.29, 0.717) is 6.54 Å². The molecule has 0 heterocycles. The summed E-state index contributed by atoms with van der Waals surface area (Å²) in [6.07, 6.45) is -7.01. The molecule has 0 radical (unpaired) electrons. The third-order valence-electron chi connectivity index (χ3n) is 1.99. The van der Waals surface area contributed by atoms with Crippen molar-refractivity contribution in [3.63, 3.8) is 0 Å². The van der Waals surface area contributed by atoms with Gasteiger partial charge < -0.3 is 10.4 Å². The van der Waals surface area contributed by atoms with Crippen molar-refractivity contribution in [2.75, 3.05) is 7.05 Å². The van der Waals surface area contributed by atoms with Crippen LogP contribution in [0.15, 0.2) is 24.3 Å². The lowest BCUT2D eigenvalue weighted by atomic mass is 10.1. The molecule has 0 amide bonds. The molecule has 0 fully saturated rings.